The van der Waals surface area contributed by atoms with Gasteiger partial charge in [0.1, 0.15) is 12.3 Å². The van der Waals surface area contributed by atoms with Crippen molar-refractivity contribution in [3.05, 3.63) is 16.1 Å². The molecular weight excluding hydrogens is 274 g/mol. The van der Waals surface area contributed by atoms with E-state index in [0.29, 0.717) is 0 Å². The number of carbonyl (C=O) groups is 3. The van der Waals surface area contributed by atoms with Crippen LogP contribution in [0.3, 0.4) is 0 Å². The summed E-state index contributed by atoms with van der Waals surface area (Å²) in [5.74, 6) is -1.04. The first-order valence-electron chi connectivity index (χ1n) is 5.37. The molecule has 0 fully saturated rings. The minimum Gasteiger partial charge on any atom is -0.461 e. The van der Waals surface area contributed by atoms with Gasteiger partial charge in [-0.1, -0.05) is 0 Å². The number of carbonyl (C=O) groups excluding carboxylic acids is 3. The van der Waals surface area contributed by atoms with Crippen molar-refractivity contribution in [2.24, 2.45) is 5.73 Å². The lowest BCUT2D eigenvalue weighted by molar-refractivity contribution is 0.0526. The Balaban J connectivity index is 2.45. The Kier molecular flexibility index (Phi) is 5.73. The Morgan fingerprint density at radius 2 is 2.16 bits per heavy atom. The van der Waals surface area contributed by atoms with Crippen LogP contribution in [-0.4, -0.2) is 42.7 Å². The first kappa shape index (κ1) is 14.9. The summed E-state index contributed by atoms with van der Waals surface area (Å²) in [6, 6.07) is 0. The average Bonchev–Trinajstić information content (AvgIpc) is 2.84. The first-order valence-corrected chi connectivity index (χ1v) is 6.25. The smallest absolute Gasteiger partial charge is 0.404 e. The van der Waals surface area contributed by atoms with Gasteiger partial charge < -0.3 is 20.5 Å². The van der Waals surface area contributed by atoms with E-state index in [0.717, 1.165) is 11.3 Å². The van der Waals surface area contributed by atoms with Crippen molar-refractivity contribution in [3.8, 4) is 0 Å². The zero-order valence-electron chi connectivity index (χ0n) is 10.2. The highest BCUT2D eigenvalue weighted by atomic mass is 32.1. The van der Waals surface area contributed by atoms with E-state index in [9.17, 15) is 14.4 Å². The molecule has 1 aromatic heterocycles. The zero-order chi connectivity index (χ0) is 14.3. The molecule has 1 rings (SSSR count). The lowest BCUT2D eigenvalue weighted by Gasteiger charge is -2.02. The van der Waals surface area contributed by atoms with Gasteiger partial charge in [-0.15, -0.1) is 11.3 Å². The van der Waals surface area contributed by atoms with E-state index in [1.54, 1.807) is 6.92 Å². The number of hydrogen-bond donors (Lipinski definition) is 2. The Morgan fingerprint density at radius 3 is 2.79 bits per heavy atom. The van der Waals surface area contributed by atoms with Crippen molar-refractivity contribution < 1.29 is 23.9 Å². The molecule has 8 nitrogen and oxygen atoms in total. The van der Waals surface area contributed by atoms with Gasteiger partial charge in [0.25, 0.3) is 5.91 Å². The summed E-state index contributed by atoms with van der Waals surface area (Å²) >= 11 is 1.02. The highest BCUT2D eigenvalue weighted by Gasteiger charge is 2.15. The van der Waals surface area contributed by atoms with Crippen LogP contribution in [0.5, 0.6) is 0 Å². The van der Waals surface area contributed by atoms with E-state index >= 15 is 0 Å². The maximum atomic E-state index is 11.6. The largest absolute Gasteiger partial charge is 0.461 e. The van der Waals surface area contributed by atoms with E-state index in [4.69, 9.17) is 10.5 Å². The molecule has 3 N–H and O–H groups in total. The van der Waals surface area contributed by atoms with Crippen molar-refractivity contribution in [1.29, 1.82) is 0 Å². The lowest BCUT2D eigenvalue weighted by atomic mass is 10.4. The molecule has 0 unspecified atom stereocenters. The summed E-state index contributed by atoms with van der Waals surface area (Å²) in [5, 5.41) is 4.01. The number of nitrogens with one attached hydrogen (secondary N) is 1. The molecule has 19 heavy (non-hydrogen) atoms. The molecule has 0 aromatic carbocycles. The summed E-state index contributed by atoms with van der Waals surface area (Å²) in [5.41, 5.74) is 4.85. The van der Waals surface area contributed by atoms with Gasteiger partial charge in [0.15, 0.2) is 0 Å². The van der Waals surface area contributed by atoms with Crippen LogP contribution in [0.1, 0.15) is 27.2 Å². The van der Waals surface area contributed by atoms with Crippen molar-refractivity contribution in [2.75, 3.05) is 19.8 Å². The predicted octanol–water partition coefficient (Wildman–Crippen LogP) is 0.145. The standard InChI is InChI=1S/C10H13N3O5S/c1-2-17-9(15)8-13-6(5-19-8)7(14)12-3-4-18-10(11)16/h5H,2-4H2,1H3,(H2,11,16)(H,12,14). The van der Waals surface area contributed by atoms with Gasteiger partial charge in [0.2, 0.25) is 5.01 Å². The van der Waals surface area contributed by atoms with E-state index < -0.39 is 18.0 Å². The second-order valence-electron chi connectivity index (χ2n) is 3.18. The van der Waals surface area contributed by atoms with Gasteiger partial charge in [-0.05, 0) is 6.92 Å². The van der Waals surface area contributed by atoms with Crippen LogP contribution in [0.4, 0.5) is 4.79 Å². The lowest BCUT2D eigenvalue weighted by Crippen LogP contribution is -2.29. The highest BCUT2D eigenvalue weighted by molar-refractivity contribution is 7.11. The average molecular weight is 287 g/mol. The second kappa shape index (κ2) is 7.31. The van der Waals surface area contributed by atoms with Crippen LogP contribution in [0.15, 0.2) is 5.38 Å². The van der Waals surface area contributed by atoms with Crippen LogP contribution in [0.25, 0.3) is 0 Å². The molecule has 104 valence electrons. The molecule has 0 aliphatic carbocycles. The van der Waals surface area contributed by atoms with Crippen molar-refractivity contribution >= 4 is 29.3 Å². The number of ether oxygens (including phenoxy) is 2. The Morgan fingerprint density at radius 1 is 1.42 bits per heavy atom. The van der Waals surface area contributed by atoms with E-state index in [-0.39, 0.29) is 30.5 Å². The fourth-order valence-corrected chi connectivity index (χ4v) is 1.76. The van der Waals surface area contributed by atoms with E-state index in [2.05, 4.69) is 15.0 Å². The van der Waals surface area contributed by atoms with Crippen LogP contribution >= 0.6 is 11.3 Å². The van der Waals surface area contributed by atoms with Gasteiger partial charge in [0, 0.05) is 5.38 Å². The third kappa shape index (κ3) is 4.92. The van der Waals surface area contributed by atoms with Crippen LogP contribution in [-0.2, 0) is 9.47 Å². The molecule has 0 aliphatic heterocycles. The monoisotopic (exact) mass is 287 g/mol. The number of esters is 1. The molecular formula is C10H13N3O5S. The Bertz CT molecular complexity index is 473. The summed E-state index contributed by atoms with van der Waals surface area (Å²) in [7, 11) is 0. The summed E-state index contributed by atoms with van der Waals surface area (Å²) in [6.45, 7) is 1.99. The number of rotatable bonds is 6. The maximum absolute atomic E-state index is 11.6. The molecule has 0 aliphatic rings. The fraction of sp³-hybridized carbons (Fsp3) is 0.400. The maximum Gasteiger partial charge on any atom is 0.404 e. The normalized spacial score (nSPS) is 9.74. The molecule has 0 saturated heterocycles. The summed E-state index contributed by atoms with van der Waals surface area (Å²) < 4.78 is 9.19. The molecule has 0 saturated carbocycles. The number of thiazole rings is 1. The first-order chi connectivity index (χ1) is 9.04. The third-order valence-corrected chi connectivity index (χ3v) is 2.64. The molecule has 1 heterocycles. The summed E-state index contributed by atoms with van der Waals surface area (Å²) in [4.78, 5) is 37.1. The molecule has 0 spiro atoms. The number of nitrogens with two attached hydrogens (primary N) is 1. The number of nitrogens with zero attached hydrogens (tertiary/aromatic N) is 1. The Labute approximate surface area is 112 Å². The van der Waals surface area contributed by atoms with Gasteiger partial charge in [-0.25, -0.2) is 14.6 Å². The minimum absolute atomic E-state index is 0.0318. The molecule has 0 radical (unpaired) electrons. The Hall–Kier alpha value is -2.16. The van der Waals surface area contributed by atoms with Gasteiger partial charge in [-0.2, -0.15) is 0 Å². The number of hydrogen-bond acceptors (Lipinski definition) is 7. The molecule has 2 amide bonds. The topological polar surface area (TPSA) is 121 Å². The molecule has 0 bridgehead atoms. The van der Waals surface area contributed by atoms with E-state index in [1.807, 2.05) is 0 Å². The summed E-state index contributed by atoms with van der Waals surface area (Å²) in [6.07, 6.45) is -0.910. The predicted molar refractivity (Wildman–Crippen MR) is 65.9 cm³/mol. The van der Waals surface area contributed by atoms with Crippen LogP contribution in [0.2, 0.25) is 0 Å². The fourth-order valence-electron chi connectivity index (χ4n) is 1.07. The zero-order valence-corrected chi connectivity index (χ0v) is 11.0. The van der Waals surface area contributed by atoms with Crippen molar-refractivity contribution in [3.63, 3.8) is 0 Å². The van der Waals surface area contributed by atoms with Gasteiger partial charge in [-0.3, -0.25) is 4.79 Å². The van der Waals surface area contributed by atoms with Crippen LogP contribution in [0, 0.1) is 0 Å². The molecule has 1 aromatic rings. The number of aromatic nitrogens is 1. The highest BCUT2D eigenvalue weighted by Crippen LogP contribution is 2.10. The quantitative estimate of drug-likeness (QED) is 0.567. The van der Waals surface area contributed by atoms with Gasteiger partial charge >= 0.3 is 12.1 Å². The van der Waals surface area contributed by atoms with Crippen molar-refractivity contribution in [2.45, 2.75) is 6.92 Å². The molecule has 0 atom stereocenters. The number of amides is 2. The van der Waals surface area contributed by atoms with E-state index in [1.165, 1.54) is 5.38 Å². The SMILES string of the molecule is CCOC(=O)c1nc(C(=O)NCCOC(N)=O)cs1. The van der Waals surface area contributed by atoms with Gasteiger partial charge in [0.05, 0.1) is 13.2 Å². The second-order valence-corrected chi connectivity index (χ2v) is 4.04. The van der Waals surface area contributed by atoms with Crippen LogP contribution < -0.4 is 11.1 Å². The van der Waals surface area contributed by atoms with Crippen molar-refractivity contribution in [1.82, 2.24) is 10.3 Å². The molecule has 9 heteroatoms. The minimum atomic E-state index is -0.910. The number of primary amides is 1. The third-order valence-electron chi connectivity index (χ3n) is 1.82.